The number of benzene rings is 1. The lowest BCUT2D eigenvalue weighted by Gasteiger charge is -2.32. The molecule has 4 heterocycles. The average Bonchev–Trinajstić information content (AvgIpc) is 3.55. The van der Waals surface area contributed by atoms with E-state index in [0.717, 1.165) is 18.5 Å². The second kappa shape index (κ2) is 8.43. The molecule has 1 fully saturated rings. The molecule has 0 saturated carbocycles. The molecule has 0 atom stereocenters. The molecule has 8 nitrogen and oxygen atoms in total. The molecule has 5 rings (SSSR count). The van der Waals surface area contributed by atoms with Gasteiger partial charge in [0.1, 0.15) is 6.10 Å². The van der Waals surface area contributed by atoms with Gasteiger partial charge in [-0.25, -0.2) is 4.68 Å². The molecule has 8 heteroatoms. The highest BCUT2D eigenvalue weighted by molar-refractivity contribution is 5.94. The Morgan fingerprint density at radius 1 is 0.903 bits per heavy atom. The molecule has 4 aromatic rings. The minimum Gasteiger partial charge on any atom is -0.473 e. The van der Waals surface area contributed by atoms with Crippen molar-refractivity contribution in [1.29, 1.82) is 0 Å². The minimum atomic E-state index is 0.0185. The van der Waals surface area contributed by atoms with E-state index in [0.29, 0.717) is 30.4 Å². The number of carbonyl (C=O) groups excluding carboxylic acids is 1. The highest BCUT2D eigenvalue weighted by Gasteiger charge is 2.25. The number of hydrogen-bond donors (Lipinski definition) is 0. The second-order valence-electron chi connectivity index (χ2n) is 7.43. The number of carbonyl (C=O) groups is 1. The molecule has 1 aliphatic heterocycles. The maximum absolute atomic E-state index is 12.9. The van der Waals surface area contributed by atoms with E-state index in [4.69, 9.17) is 4.74 Å². The fourth-order valence-corrected chi connectivity index (χ4v) is 3.72. The predicted molar refractivity (Wildman–Crippen MR) is 114 cm³/mol. The number of hydrogen-bond acceptors (Lipinski definition) is 5. The van der Waals surface area contributed by atoms with Gasteiger partial charge in [0.05, 0.1) is 0 Å². The summed E-state index contributed by atoms with van der Waals surface area (Å²) in [6, 6.07) is 17.1. The van der Waals surface area contributed by atoms with Crippen molar-refractivity contribution >= 4 is 5.91 Å². The first-order valence-corrected chi connectivity index (χ1v) is 10.3. The van der Waals surface area contributed by atoms with Crippen LogP contribution in [0.3, 0.4) is 0 Å². The molecule has 0 N–H and O–H groups in total. The number of ether oxygens (including phenoxy) is 1. The number of aromatic nitrogens is 5. The summed E-state index contributed by atoms with van der Waals surface area (Å²) >= 11 is 0. The normalized spacial score (nSPS) is 14.5. The van der Waals surface area contributed by atoms with Crippen molar-refractivity contribution in [3.05, 3.63) is 84.9 Å². The largest absolute Gasteiger partial charge is 0.473 e. The van der Waals surface area contributed by atoms with Crippen molar-refractivity contribution in [2.75, 3.05) is 13.1 Å². The summed E-state index contributed by atoms with van der Waals surface area (Å²) in [5, 5.41) is 12.4. The smallest absolute Gasteiger partial charge is 0.253 e. The lowest BCUT2D eigenvalue weighted by atomic mass is 10.1. The van der Waals surface area contributed by atoms with E-state index >= 15 is 0 Å². The molecule has 156 valence electrons. The van der Waals surface area contributed by atoms with Crippen LogP contribution in [0, 0.1) is 0 Å². The molecule has 1 aromatic carbocycles. The summed E-state index contributed by atoms with van der Waals surface area (Å²) in [5.74, 6) is 1.18. The second-order valence-corrected chi connectivity index (χ2v) is 7.43. The third-order valence-electron chi connectivity index (χ3n) is 5.40. The molecule has 0 radical (unpaired) electrons. The van der Waals surface area contributed by atoms with E-state index in [-0.39, 0.29) is 12.0 Å². The van der Waals surface area contributed by atoms with E-state index in [1.165, 1.54) is 0 Å². The van der Waals surface area contributed by atoms with E-state index in [9.17, 15) is 4.79 Å². The lowest BCUT2D eigenvalue weighted by molar-refractivity contribution is 0.0586. The summed E-state index contributed by atoms with van der Waals surface area (Å²) in [7, 11) is 0. The minimum absolute atomic E-state index is 0.0185. The van der Waals surface area contributed by atoms with Crippen LogP contribution in [-0.4, -0.2) is 54.5 Å². The Kier molecular flexibility index (Phi) is 5.18. The van der Waals surface area contributed by atoms with Crippen LogP contribution in [0.4, 0.5) is 0 Å². The zero-order valence-electron chi connectivity index (χ0n) is 16.9. The number of piperidine rings is 1. The highest BCUT2D eigenvalue weighted by atomic mass is 16.5. The predicted octanol–water partition coefficient (Wildman–Crippen LogP) is 3.14. The quantitative estimate of drug-likeness (QED) is 0.501. The highest BCUT2D eigenvalue weighted by Crippen LogP contribution is 2.20. The van der Waals surface area contributed by atoms with E-state index in [1.807, 2.05) is 76.6 Å². The van der Waals surface area contributed by atoms with Gasteiger partial charge in [-0.1, -0.05) is 0 Å². The Morgan fingerprint density at radius 3 is 2.32 bits per heavy atom. The molecule has 3 aromatic heterocycles. The van der Waals surface area contributed by atoms with Gasteiger partial charge in [0.15, 0.2) is 5.82 Å². The van der Waals surface area contributed by atoms with Gasteiger partial charge < -0.3 is 14.2 Å². The zero-order valence-corrected chi connectivity index (χ0v) is 16.9. The van der Waals surface area contributed by atoms with Crippen LogP contribution >= 0.6 is 0 Å². The summed E-state index contributed by atoms with van der Waals surface area (Å²) in [6.45, 7) is 1.31. The summed E-state index contributed by atoms with van der Waals surface area (Å²) in [4.78, 5) is 14.7. The average molecular weight is 414 g/mol. The van der Waals surface area contributed by atoms with Crippen LogP contribution < -0.4 is 4.74 Å². The van der Waals surface area contributed by atoms with E-state index < -0.39 is 0 Å². The molecular weight excluding hydrogens is 392 g/mol. The van der Waals surface area contributed by atoms with Crippen molar-refractivity contribution in [3.8, 4) is 17.4 Å². The van der Waals surface area contributed by atoms with Gasteiger partial charge in [-0.3, -0.25) is 4.79 Å². The standard InChI is InChI=1S/C23H22N6O2/c30-23(18-4-6-19(7-5-18)27-13-1-2-14-27)28-16-10-20(11-17-28)31-22-9-8-21(25-26-22)29-15-3-12-24-29/h1-9,12-15,20H,10-11,16-17H2. The first-order chi connectivity index (χ1) is 15.3. The van der Waals surface area contributed by atoms with Gasteiger partial charge in [0, 0.05) is 68.0 Å². The third kappa shape index (κ3) is 4.18. The fourth-order valence-electron chi connectivity index (χ4n) is 3.72. The van der Waals surface area contributed by atoms with Gasteiger partial charge >= 0.3 is 0 Å². The SMILES string of the molecule is O=C(c1ccc(-n2cccc2)cc1)N1CCC(Oc2ccc(-n3cccn3)nn2)CC1. The maximum atomic E-state index is 12.9. The molecular formula is C23H22N6O2. The Bertz CT molecular complexity index is 1110. The van der Waals surface area contributed by atoms with Crippen molar-refractivity contribution in [1.82, 2.24) is 29.4 Å². The van der Waals surface area contributed by atoms with Crippen molar-refractivity contribution in [2.45, 2.75) is 18.9 Å². The summed E-state index contributed by atoms with van der Waals surface area (Å²) < 4.78 is 9.63. The van der Waals surface area contributed by atoms with Crippen LogP contribution in [0.15, 0.2) is 79.4 Å². The van der Waals surface area contributed by atoms with Gasteiger partial charge in [0.2, 0.25) is 5.88 Å². The number of likely N-dealkylation sites (tertiary alicyclic amines) is 1. The third-order valence-corrected chi connectivity index (χ3v) is 5.40. The first-order valence-electron chi connectivity index (χ1n) is 10.3. The Hall–Kier alpha value is -3.94. The Balaban J connectivity index is 1.15. The number of amides is 1. The molecule has 0 unspecified atom stereocenters. The van der Waals surface area contributed by atoms with Gasteiger partial charge in [-0.2, -0.15) is 5.10 Å². The summed E-state index contributed by atoms with van der Waals surface area (Å²) in [5.41, 5.74) is 1.74. The Morgan fingerprint density at radius 2 is 1.68 bits per heavy atom. The van der Waals surface area contributed by atoms with Crippen LogP contribution in [-0.2, 0) is 0 Å². The zero-order chi connectivity index (χ0) is 21.0. The molecule has 1 amide bonds. The first kappa shape index (κ1) is 19.0. The molecule has 1 aliphatic rings. The topological polar surface area (TPSA) is 78.1 Å². The van der Waals surface area contributed by atoms with Crippen molar-refractivity contribution in [3.63, 3.8) is 0 Å². The van der Waals surface area contributed by atoms with Crippen molar-refractivity contribution in [2.24, 2.45) is 0 Å². The maximum Gasteiger partial charge on any atom is 0.253 e. The van der Waals surface area contributed by atoms with E-state index in [1.54, 1.807) is 16.9 Å². The molecule has 0 bridgehead atoms. The fraction of sp³-hybridized carbons (Fsp3) is 0.217. The lowest BCUT2D eigenvalue weighted by Crippen LogP contribution is -2.41. The molecule has 0 aliphatic carbocycles. The van der Waals surface area contributed by atoms with Crippen LogP contribution in [0.25, 0.3) is 11.5 Å². The van der Waals surface area contributed by atoms with Gasteiger partial charge in [-0.15, -0.1) is 10.2 Å². The monoisotopic (exact) mass is 414 g/mol. The van der Waals surface area contributed by atoms with Crippen LogP contribution in [0.2, 0.25) is 0 Å². The van der Waals surface area contributed by atoms with E-state index in [2.05, 4.69) is 15.3 Å². The number of nitrogens with zero attached hydrogens (tertiary/aromatic N) is 6. The van der Waals surface area contributed by atoms with Gasteiger partial charge in [-0.05, 0) is 48.5 Å². The van der Waals surface area contributed by atoms with Crippen LogP contribution in [0.5, 0.6) is 5.88 Å². The van der Waals surface area contributed by atoms with Gasteiger partial charge in [0.25, 0.3) is 5.91 Å². The molecule has 0 spiro atoms. The molecule has 1 saturated heterocycles. The Labute approximate surface area is 179 Å². The van der Waals surface area contributed by atoms with Crippen molar-refractivity contribution < 1.29 is 9.53 Å². The summed E-state index contributed by atoms with van der Waals surface area (Å²) in [6.07, 6.45) is 9.01. The number of rotatable bonds is 5. The molecule has 31 heavy (non-hydrogen) atoms. The van der Waals surface area contributed by atoms with Crippen LogP contribution in [0.1, 0.15) is 23.2 Å².